The van der Waals surface area contributed by atoms with E-state index in [2.05, 4.69) is 9.97 Å². The molecule has 37 heavy (non-hydrogen) atoms. The summed E-state index contributed by atoms with van der Waals surface area (Å²) < 4.78 is 34.5. The number of ether oxygens (including phenoxy) is 1. The molecule has 1 aliphatic rings. The van der Waals surface area contributed by atoms with Gasteiger partial charge in [0, 0.05) is 38.1 Å². The molecule has 1 aliphatic heterocycles. The van der Waals surface area contributed by atoms with E-state index in [0.717, 1.165) is 42.4 Å². The molecule has 8 nitrogen and oxygen atoms in total. The number of aryl methyl sites for hydroxylation is 2. The summed E-state index contributed by atoms with van der Waals surface area (Å²) in [5.41, 5.74) is 2.03. The van der Waals surface area contributed by atoms with Gasteiger partial charge in [-0.15, -0.1) is 0 Å². The highest BCUT2D eigenvalue weighted by Gasteiger charge is 2.33. The topological polar surface area (TPSA) is 111 Å². The van der Waals surface area contributed by atoms with Crippen molar-refractivity contribution in [3.8, 4) is 17.0 Å². The largest absolute Gasteiger partial charge is 0.492 e. The number of aromatic hydroxyl groups is 1. The molecule has 3 heterocycles. The fourth-order valence-corrected chi connectivity index (χ4v) is 6.54. The molecule has 1 N–H and O–H groups in total. The van der Waals surface area contributed by atoms with Crippen LogP contribution in [0.5, 0.6) is 5.88 Å². The minimum atomic E-state index is -4.32. The lowest BCUT2D eigenvalue weighted by Crippen LogP contribution is -2.37. The van der Waals surface area contributed by atoms with E-state index < -0.39 is 26.2 Å². The zero-order chi connectivity index (χ0) is 26.6. The Bertz CT molecular complexity index is 1390. The Balaban J connectivity index is 1.81. The molecule has 1 fully saturated rings. The van der Waals surface area contributed by atoms with Gasteiger partial charge in [-0.25, -0.2) is 8.42 Å². The van der Waals surface area contributed by atoms with Gasteiger partial charge in [-0.3, -0.25) is 14.3 Å². The number of sulfone groups is 1. The predicted molar refractivity (Wildman–Crippen MR) is 142 cm³/mol. The third kappa shape index (κ3) is 5.48. The molecule has 3 aromatic rings. The number of hydrogen-bond donors (Lipinski definition) is 1. The van der Waals surface area contributed by atoms with Crippen molar-refractivity contribution in [1.82, 2.24) is 14.5 Å². The predicted octanol–water partition coefficient (Wildman–Crippen LogP) is 4.87. The van der Waals surface area contributed by atoms with Gasteiger partial charge in [0.05, 0.1) is 4.90 Å². The molecule has 0 saturated carbocycles. The second kappa shape index (κ2) is 11.6. The van der Waals surface area contributed by atoms with E-state index in [-0.39, 0.29) is 16.9 Å². The zero-order valence-corrected chi connectivity index (χ0v) is 22.5. The normalized spacial score (nSPS) is 15.5. The molecule has 0 radical (unpaired) electrons. The van der Waals surface area contributed by atoms with Gasteiger partial charge in [0.15, 0.2) is 4.90 Å². The van der Waals surface area contributed by atoms with Crippen LogP contribution in [0.25, 0.3) is 11.1 Å². The molecule has 0 bridgehead atoms. The lowest BCUT2D eigenvalue weighted by Gasteiger charge is -2.32. The zero-order valence-electron chi connectivity index (χ0n) is 21.7. The first-order valence-corrected chi connectivity index (χ1v) is 14.5. The summed E-state index contributed by atoms with van der Waals surface area (Å²) in [5.74, 6) is -0.130. The van der Waals surface area contributed by atoms with E-state index in [4.69, 9.17) is 4.74 Å². The SMILES string of the molecule is CCCCc1nc(O)c(S(=O)(=O)c2ccc(-c3ccncc3C)cc2)c(=O)n1[C@@H](CC)C1CCOCC1. The Labute approximate surface area is 218 Å². The van der Waals surface area contributed by atoms with Gasteiger partial charge in [-0.05, 0) is 73.4 Å². The van der Waals surface area contributed by atoms with Crippen LogP contribution in [-0.2, 0) is 21.0 Å². The Kier molecular flexibility index (Phi) is 8.44. The highest BCUT2D eigenvalue weighted by atomic mass is 32.2. The third-order valence-corrected chi connectivity index (χ3v) is 9.00. The van der Waals surface area contributed by atoms with Crippen LogP contribution in [0.2, 0.25) is 0 Å². The van der Waals surface area contributed by atoms with Crippen molar-refractivity contribution in [2.45, 2.75) is 75.1 Å². The number of hydrogen-bond acceptors (Lipinski definition) is 7. The highest BCUT2D eigenvalue weighted by molar-refractivity contribution is 7.91. The first-order chi connectivity index (χ1) is 17.8. The Morgan fingerprint density at radius 3 is 2.46 bits per heavy atom. The molecule has 0 spiro atoms. The summed E-state index contributed by atoms with van der Waals surface area (Å²) in [6, 6.07) is 7.98. The van der Waals surface area contributed by atoms with Crippen LogP contribution in [-0.4, -0.2) is 41.3 Å². The molecule has 1 atom stereocenters. The van der Waals surface area contributed by atoms with Crippen molar-refractivity contribution in [1.29, 1.82) is 0 Å². The second-order valence-corrected chi connectivity index (χ2v) is 11.5. The fourth-order valence-electron chi connectivity index (χ4n) is 5.19. The average Bonchev–Trinajstić information content (AvgIpc) is 2.90. The summed E-state index contributed by atoms with van der Waals surface area (Å²) in [6.07, 6.45) is 7.80. The van der Waals surface area contributed by atoms with Gasteiger partial charge in [-0.1, -0.05) is 32.4 Å². The number of benzene rings is 1. The van der Waals surface area contributed by atoms with Crippen LogP contribution in [0.4, 0.5) is 0 Å². The monoisotopic (exact) mass is 525 g/mol. The highest BCUT2D eigenvalue weighted by Crippen LogP contribution is 2.33. The Hall–Kier alpha value is -3.04. The fraction of sp³-hybridized carbons (Fsp3) is 0.464. The summed E-state index contributed by atoms with van der Waals surface area (Å²) >= 11 is 0. The van der Waals surface area contributed by atoms with Gasteiger partial charge >= 0.3 is 0 Å². The van der Waals surface area contributed by atoms with Crippen LogP contribution in [0.1, 0.15) is 63.4 Å². The second-order valence-electron chi connectivity index (χ2n) is 9.60. The van der Waals surface area contributed by atoms with Crippen LogP contribution >= 0.6 is 0 Å². The third-order valence-electron chi connectivity index (χ3n) is 7.21. The van der Waals surface area contributed by atoms with Gasteiger partial charge < -0.3 is 9.84 Å². The molecule has 0 amide bonds. The Morgan fingerprint density at radius 1 is 1.14 bits per heavy atom. The van der Waals surface area contributed by atoms with Crippen molar-refractivity contribution >= 4 is 9.84 Å². The van der Waals surface area contributed by atoms with Crippen molar-refractivity contribution in [2.24, 2.45) is 5.92 Å². The quantitative estimate of drug-likeness (QED) is 0.424. The molecule has 1 saturated heterocycles. The van der Waals surface area contributed by atoms with Crippen LogP contribution in [0.3, 0.4) is 0 Å². The molecule has 9 heteroatoms. The molecular weight excluding hydrogens is 490 g/mol. The number of aromatic nitrogens is 3. The maximum atomic E-state index is 13.9. The van der Waals surface area contributed by atoms with Gasteiger partial charge in [0.2, 0.25) is 15.7 Å². The molecule has 4 rings (SSSR count). The van der Waals surface area contributed by atoms with Crippen molar-refractivity contribution in [3.63, 3.8) is 0 Å². The number of pyridine rings is 1. The van der Waals surface area contributed by atoms with Crippen molar-refractivity contribution < 1.29 is 18.3 Å². The minimum Gasteiger partial charge on any atom is -0.492 e. The summed E-state index contributed by atoms with van der Waals surface area (Å²) in [6.45, 7) is 7.19. The summed E-state index contributed by atoms with van der Waals surface area (Å²) in [5, 5.41) is 10.8. The molecular formula is C28H35N3O5S. The lowest BCUT2D eigenvalue weighted by molar-refractivity contribution is 0.0463. The van der Waals surface area contributed by atoms with E-state index in [9.17, 15) is 18.3 Å². The van der Waals surface area contributed by atoms with E-state index in [1.807, 2.05) is 26.8 Å². The number of unbranched alkanes of at least 4 members (excludes halogenated alkanes) is 1. The number of rotatable bonds is 9. The molecule has 0 unspecified atom stereocenters. The van der Waals surface area contributed by atoms with Crippen LogP contribution in [0.15, 0.2) is 57.3 Å². The average molecular weight is 526 g/mol. The van der Waals surface area contributed by atoms with Crippen molar-refractivity contribution in [3.05, 3.63) is 64.5 Å². The maximum absolute atomic E-state index is 13.9. The molecule has 198 valence electrons. The molecule has 2 aromatic heterocycles. The minimum absolute atomic E-state index is 0.0656. The van der Waals surface area contributed by atoms with Gasteiger partial charge in [0.25, 0.3) is 5.56 Å². The maximum Gasteiger partial charge on any atom is 0.277 e. The van der Waals surface area contributed by atoms with Crippen molar-refractivity contribution in [2.75, 3.05) is 13.2 Å². The van der Waals surface area contributed by atoms with E-state index >= 15 is 0 Å². The molecule has 0 aliphatic carbocycles. The standard InChI is InChI=1S/C28H35N3O5S/c1-4-6-7-25-30-27(32)26(28(33)31(25)24(5-2)21-13-16-36-17-14-21)37(34,35)22-10-8-20(9-11-22)23-12-15-29-18-19(23)3/h8-12,15,18,21,24,32H,4-7,13-14,16-17H2,1-3H3/t24-/m0/s1. The van der Waals surface area contributed by atoms with E-state index in [0.29, 0.717) is 31.9 Å². The molecule has 1 aromatic carbocycles. The van der Waals surface area contributed by atoms with E-state index in [1.54, 1.807) is 29.1 Å². The van der Waals surface area contributed by atoms with Gasteiger partial charge in [-0.2, -0.15) is 4.98 Å². The van der Waals surface area contributed by atoms with Crippen LogP contribution < -0.4 is 5.56 Å². The lowest BCUT2D eigenvalue weighted by atomic mass is 9.89. The van der Waals surface area contributed by atoms with Crippen LogP contribution in [0, 0.1) is 12.8 Å². The van der Waals surface area contributed by atoms with Gasteiger partial charge in [0.1, 0.15) is 5.82 Å². The smallest absolute Gasteiger partial charge is 0.277 e. The first kappa shape index (κ1) is 27.0. The summed E-state index contributed by atoms with van der Waals surface area (Å²) in [4.78, 5) is 21.6. The van der Waals surface area contributed by atoms with E-state index in [1.165, 1.54) is 12.1 Å². The Morgan fingerprint density at radius 2 is 1.84 bits per heavy atom. The summed E-state index contributed by atoms with van der Waals surface area (Å²) in [7, 11) is -4.32. The number of nitrogens with zero attached hydrogens (tertiary/aromatic N) is 3. The first-order valence-electron chi connectivity index (χ1n) is 13.0.